The molecule has 4 heteroatoms. The Hall–Kier alpha value is 1.14. The summed E-state index contributed by atoms with van der Waals surface area (Å²) in [6.07, 6.45) is 11.7. The van der Waals surface area contributed by atoms with Crippen LogP contribution in [-0.2, 0) is 9.53 Å². The van der Waals surface area contributed by atoms with Crippen LogP contribution in [0.3, 0.4) is 0 Å². The van der Waals surface area contributed by atoms with Gasteiger partial charge in [-0.2, -0.15) is 0 Å². The van der Waals surface area contributed by atoms with Crippen molar-refractivity contribution in [3.63, 3.8) is 0 Å². The van der Waals surface area contributed by atoms with Gasteiger partial charge in [0.15, 0.2) is 0 Å². The van der Waals surface area contributed by atoms with Gasteiger partial charge in [0.05, 0.1) is 6.10 Å². The van der Waals surface area contributed by atoms with E-state index in [9.17, 15) is 9.90 Å². The van der Waals surface area contributed by atoms with Gasteiger partial charge < -0.3 is 9.84 Å². The van der Waals surface area contributed by atoms with Gasteiger partial charge >= 0.3 is 58.2 Å². The third-order valence-corrected chi connectivity index (χ3v) is 7.95. The topological polar surface area (TPSA) is 49.4 Å². The summed E-state index contributed by atoms with van der Waals surface area (Å²) in [5.74, 6) is 1.78. The standard InChI is InChI=1S/C21H33O3.Rb/c1-4-11-21(14-23)15(10-13-22)5-6-16-17-7-8-19(24-3)20(17,2)12-9-18(16)21;/h10,13,16-19H,4-9,11-12,14H2,1-3H3;/q-1;+1/b15-10-;. The fourth-order valence-corrected chi connectivity index (χ4v) is 6.92. The Morgan fingerprint density at radius 2 is 2.00 bits per heavy atom. The van der Waals surface area contributed by atoms with Gasteiger partial charge in [-0.3, -0.25) is 4.79 Å². The second-order valence-corrected chi connectivity index (χ2v) is 8.64. The van der Waals surface area contributed by atoms with Crippen LogP contribution < -0.4 is 63.3 Å². The number of carbonyl (C=O) groups is 1. The van der Waals surface area contributed by atoms with Crippen molar-refractivity contribution in [3.8, 4) is 0 Å². The van der Waals surface area contributed by atoms with Gasteiger partial charge in [-0.1, -0.05) is 25.8 Å². The van der Waals surface area contributed by atoms with Crippen molar-refractivity contribution < 1.29 is 72.8 Å². The van der Waals surface area contributed by atoms with Crippen LogP contribution in [0.5, 0.6) is 0 Å². The Morgan fingerprint density at radius 3 is 2.60 bits per heavy atom. The van der Waals surface area contributed by atoms with Crippen LogP contribution >= 0.6 is 0 Å². The summed E-state index contributed by atoms with van der Waals surface area (Å²) in [6.45, 7) is 4.53. The van der Waals surface area contributed by atoms with Gasteiger partial charge in [-0.25, -0.2) is 0 Å². The van der Waals surface area contributed by atoms with Gasteiger partial charge in [0, 0.05) is 7.11 Å². The van der Waals surface area contributed by atoms with Crippen molar-refractivity contribution in [2.45, 2.75) is 71.3 Å². The molecule has 25 heavy (non-hydrogen) atoms. The molecule has 3 fully saturated rings. The number of fused-ring (bicyclic) bond motifs is 3. The molecule has 136 valence electrons. The molecule has 3 aliphatic rings. The van der Waals surface area contributed by atoms with Crippen LogP contribution in [0, 0.1) is 28.6 Å². The molecule has 0 bridgehead atoms. The van der Waals surface area contributed by atoms with Crippen molar-refractivity contribution in [2.75, 3.05) is 13.7 Å². The van der Waals surface area contributed by atoms with Gasteiger partial charge in [-0.15, -0.1) is 6.61 Å². The summed E-state index contributed by atoms with van der Waals surface area (Å²) in [5, 5.41) is 12.4. The van der Waals surface area contributed by atoms with E-state index >= 15 is 0 Å². The predicted octanol–water partition coefficient (Wildman–Crippen LogP) is 0.514. The summed E-state index contributed by atoms with van der Waals surface area (Å²) in [7, 11) is 1.86. The number of carbonyl (C=O) groups excluding carboxylic acids is 1. The maximum Gasteiger partial charge on any atom is 1.00 e. The van der Waals surface area contributed by atoms with E-state index in [1.54, 1.807) is 6.08 Å². The first kappa shape index (κ1) is 22.4. The largest absolute Gasteiger partial charge is 1.00 e. The smallest absolute Gasteiger partial charge is 0.854 e. The molecule has 3 nitrogen and oxygen atoms in total. The molecule has 6 atom stereocenters. The molecule has 0 aliphatic heterocycles. The quantitative estimate of drug-likeness (QED) is 0.483. The average molecular weight is 419 g/mol. The van der Waals surface area contributed by atoms with E-state index in [0.717, 1.165) is 56.8 Å². The third kappa shape index (κ3) is 3.60. The minimum atomic E-state index is -0.273. The van der Waals surface area contributed by atoms with Crippen LogP contribution in [0.15, 0.2) is 11.6 Å². The molecule has 3 aliphatic carbocycles. The Morgan fingerprint density at radius 1 is 1.24 bits per heavy atom. The molecule has 0 N–H and O–H groups in total. The number of methoxy groups -OCH3 is 1. The first-order valence-electron chi connectivity index (χ1n) is 9.83. The van der Waals surface area contributed by atoms with Crippen molar-refractivity contribution in [1.29, 1.82) is 0 Å². The molecule has 0 radical (unpaired) electrons. The van der Waals surface area contributed by atoms with E-state index in [4.69, 9.17) is 4.74 Å². The van der Waals surface area contributed by atoms with Crippen LogP contribution in [0.25, 0.3) is 0 Å². The number of aldehydes is 1. The fraction of sp³-hybridized carbons (Fsp3) is 0.857. The van der Waals surface area contributed by atoms with Gasteiger partial charge in [-0.05, 0) is 79.6 Å². The van der Waals surface area contributed by atoms with Crippen LogP contribution in [0.2, 0.25) is 0 Å². The zero-order valence-corrected chi connectivity index (χ0v) is 21.5. The van der Waals surface area contributed by atoms with Crippen LogP contribution in [0.4, 0.5) is 0 Å². The molecule has 0 saturated heterocycles. The van der Waals surface area contributed by atoms with Gasteiger partial charge in [0.1, 0.15) is 6.29 Å². The molecule has 0 spiro atoms. The number of allylic oxidation sites excluding steroid dienone is 1. The Balaban J connectivity index is 0.00000225. The minimum absolute atomic E-state index is 0. The predicted molar refractivity (Wildman–Crippen MR) is 93.4 cm³/mol. The first-order valence-corrected chi connectivity index (χ1v) is 9.83. The molecule has 0 aromatic heterocycles. The van der Waals surface area contributed by atoms with E-state index in [1.807, 2.05) is 7.11 Å². The molecule has 6 unspecified atom stereocenters. The average Bonchev–Trinajstić information content (AvgIpc) is 2.93. The first-order chi connectivity index (χ1) is 11.6. The molecule has 0 aromatic rings. The Bertz CT molecular complexity index is 505. The molecule has 0 heterocycles. The monoisotopic (exact) mass is 418 g/mol. The van der Waals surface area contributed by atoms with Gasteiger partial charge in [0.2, 0.25) is 0 Å². The van der Waals surface area contributed by atoms with Crippen molar-refractivity contribution >= 4 is 6.29 Å². The van der Waals surface area contributed by atoms with E-state index in [0.29, 0.717) is 23.9 Å². The zero-order valence-electron chi connectivity index (χ0n) is 16.6. The number of hydrogen-bond donors (Lipinski definition) is 0. The number of hydrogen-bond acceptors (Lipinski definition) is 3. The zero-order chi connectivity index (χ0) is 17.4. The van der Waals surface area contributed by atoms with E-state index < -0.39 is 0 Å². The molecule has 3 rings (SSSR count). The molecular weight excluding hydrogens is 386 g/mol. The third-order valence-electron chi connectivity index (χ3n) is 7.95. The summed E-state index contributed by atoms with van der Waals surface area (Å²) in [6, 6.07) is 0. The Labute approximate surface area is 202 Å². The summed E-state index contributed by atoms with van der Waals surface area (Å²) >= 11 is 0. The normalized spacial score (nSPS) is 44.7. The molecule has 0 aromatic carbocycles. The van der Waals surface area contributed by atoms with Crippen LogP contribution in [0.1, 0.15) is 65.2 Å². The van der Waals surface area contributed by atoms with E-state index in [1.165, 1.54) is 6.42 Å². The van der Waals surface area contributed by atoms with Gasteiger partial charge in [0.25, 0.3) is 0 Å². The second kappa shape index (κ2) is 9.09. The molecule has 0 amide bonds. The summed E-state index contributed by atoms with van der Waals surface area (Å²) in [5.41, 5.74) is 1.16. The Kier molecular flexibility index (Phi) is 8.15. The molecule has 3 saturated carbocycles. The van der Waals surface area contributed by atoms with E-state index in [-0.39, 0.29) is 75.6 Å². The number of rotatable bonds is 5. The fourth-order valence-electron chi connectivity index (χ4n) is 6.92. The minimum Gasteiger partial charge on any atom is -0.854 e. The van der Waals surface area contributed by atoms with Crippen LogP contribution in [-0.4, -0.2) is 26.1 Å². The van der Waals surface area contributed by atoms with Crippen molar-refractivity contribution in [1.82, 2.24) is 0 Å². The molecular formula is C21H33O3Rb. The van der Waals surface area contributed by atoms with Crippen molar-refractivity contribution in [2.24, 2.45) is 28.6 Å². The maximum atomic E-state index is 12.4. The van der Waals surface area contributed by atoms with Crippen molar-refractivity contribution in [3.05, 3.63) is 11.6 Å². The van der Waals surface area contributed by atoms with E-state index in [2.05, 4.69) is 13.8 Å². The number of ether oxygens (including phenoxy) is 1. The summed E-state index contributed by atoms with van der Waals surface area (Å²) in [4.78, 5) is 11.2. The maximum absolute atomic E-state index is 12.4. The SMILES string of the molecule is CCCC1(C[O-])/C(=C\C=O)CCC2C1CCC1(C)C(OC)CCC21.[Rb+]. The summed E-state index contributed by atoms with van der Waals surface area (Å²) < 4.78 is 5.83. The second-order valence-electron chi connectivity index (χ2n) is 8.64.